The maximum absolute atomic E-state index is 12.3. The minimum absolute atomic E-state index is 0.0597. The average Bonchev–Trinajstić information content (AvgIpc) is 3.99. The lowest BCUT2D eigenvalue weighted by Crippen LogP contribution is -2.11. The summed E-state index contributed by atoms with van der Waals surface area (Å²) in [7, 11) is 0. The van der Waals surface area contributed by atoms with Crippen LogP contribution in [-0.4, -0.2) is 64.5 Å². The highest BCUT2D eigenvalue weighted by atomic mass is 32.1. The zero-order chi connectivity index (χ0) is 40.2. The van der Waals surface area contributed by atoms with Crippen molar-refractivity contribution in [1.29, 1.82) is 0 Å². The number of phenolic OH excluding ortho intramolecular Hbond substituents is 2. The van der Waals surface area contributed by atoms with Gasteiger partial charge in [-0.25, -0.2) is 0 Å². The molecule has 0 bridgehead atoms. The fourth-order valence-corrected chi connectivity index (χ4v) is 10.3. The number of hydrogen-bond acceptors (Lipinski definition) is 10. The van der Waals surface area contributed by atoms with Crippen LogP contribution in [0.2, 0.25) is 0 Å². The maximum atomic E-state index is 12.3. The first-order valence-electron chi connectivity index (χ1n) is 19.0. The van der Waals surface area contributed by atoms with Crippen LogP contribution in [0.5, 0.6) is 11.5 Å². The molecule has 0 aliphatic heterocycles. The monoisotopic (exact) mass is 798 g/mol. The predicted molar refractivity (Wildman–Crippen MR) is 230 cm³/mol. The Hall–Kier alpha value is -5.40. The summed E-state index contributed by atoms with van der Waals surface area (Å²) in [5.41, 5.74) is 13.2. The van der Waals surface area contributed by atoms with E-state index in [9.17, 15) is 20.4 Å². The molecular weight excluding hydrogens is 753 g/mol. The average molecular weight is 799 g/mol. The number of aliphatic hydroxyl groups is 2. The highest BCUT2D eigenvalue weighted by Gasteiger charge is 2.29. The highest BCUT2D eigenvalue weighted by Crippen LogP contribution is 2.51. The number of thiophene rings is 2. The molecule has 0 atom stereocenters. The van der Waals surface area contributed by atoms with Crippen LogP contribution in [0.1, 0.15) is 74.9 Å². The van der Waals surface area contributed by atoms with Gasteiger partial charge in [-0.3, -0.25) is 0 Å². The molecule has 0 aliphatic rings. The van der Waals surface area contributed by atoms with Gasteiger partial charge in [-0.15, -0.1) is 22.7 Å². The number of benzene rings is 4. The van der Waals surface area contributed by atoms with E-state index in [1.54, 1.807) is 22.7 Å². The molecule has 292 valence electrons. The van der Waals surface area contributed by atoms with Crippen LogP contribution >= 0.6 is 22.7 Å². The third-order valence-electron chi connectivity index (χ3n) is 10.6. The van der Waals surface area contributed by atoms with Crippen molar-refractivity contribution in [2.75, 3.05) is 13.2 Å². The molecule has 4 aromatic heterocycles. The Bertz CT molecular complexity index is 2570. The maximum Gasteiger partial charge on any atom is 0.127 e. The number of aliphatic hydroxyl groups excluding tert-OH is 2. The molecule has 0 fully saturated rings. The first kappa shape index (κ1) is 38.5. The Morgan fingerprint density at radius 3 is 1.33 bits per heavy atom. The summed E-state index contributed by atoms with van der Waals surface area (Å²) in [6, 6.07) is 19.8. The van der Waals surface area contributed by atoms with Crippen LogP contribution in [0.15, 0.2) is 71.4 Å². The minimum Gasteiger partial charge on any atom is -0.507 e. The van der Waals surface area contributed by atoms with Crippen molar-refractivity contribution in [3.63, 3.8) is 0 Å². The second kappa shape index (κ2) is 14.8. The van der Waals surface area contributed by atoms with E-state index in [-0.39, 0.29) is 42.0 Å². The molecule has 8 aromatic rings. The van der Waals surface area contributed by atoms with Crippen molar-refractivity contribution in [3.05, 3.63) is 105 Å². The lowest BCUT2D eigenvalue weighted by atomic mass is 9.82. The molecule has 0 amide bonds. The first-order chi connectivity index (χ1) is 27.2. The van der Waals surface area contributed by atoms with E-state index in [1.807, 2.05) is 60.7 Å². The number of nitrogens with one attached hydrogen (secondary N) is 2. The predicted octanol–water partition coefficient (Wildman–Crippen LogP) is 9.69. The Morgan fingerprint density at radius 1 is 0.544 bits per heavy atom. The van der Waals surface area contributed by atoms with E-state index in [0.29, 0.717) is 35.1 Å². The largest absolute Gasteiger partial charge is 0.507 e. The number of hydrogen-bond donors (Lipinski definition) is 6. The van der Waals surface area contributed by atoms with Gasteiger partial charge in [-0.2, -0.15) is 30.8 Å². The first-order valence-corrected chi connectivity index (χ1v) is 20.8. The van der Waals surface area contributed by atoms with Gasteiger partial charge in [-0.05, 0) is 115 Å². The summed E-state index contributed by atoms with van der Waals surface area (Å²) < 4.78 is 0. The Balaban J connectivity index is 1.29. The molecule has 0 saturated carbocycles. The standard InChI is InChI=1S/C45H46N6O4S2/c1-44(2,3)32-22-56-42(38(32)26-7-9-34-36(20-26)48-50-46-34)30-17-24(11-13-52)15-28(40(30)54)19-29-16-25(12-14-53)18-31(41(29)55)43-39(33(23-57-43)45(4,5)6)27-8-10-35-37(21-27)49-51-47-35/h7-10,15-18,20-23,52-55H,11-14,19H2,1-6H3,(H,46,48,50)(H,47,49,51). The SMILES string of the molecule is CC(C)(C)c1csc(-c2cc(CCO)cc(Cc3cc(CCO)cc(-c4scc(C(C)(C)C)c4-c4ccc5n[nH]nc5c4)c3O)c2O)c1-c1ccc2n[nH]nc2c1. The molecule has 4 heterocycles. The summed E-state index contributed by atoms with van der Waals surface area (Å²) in [6.45, 7) is 13.0. The number of H-pyrrole nitrogens is 2. The molecule has 0 aliphatic carbocycles. The summed E-state index contributed by atoms with van der Waals surface area (Å²) >= 11 is 3.16. The van der Waals surface area contributed by atoms with Crippen molar-refractivity contribution in [2.45, 2.75) is 71.6 Å². The van der Waals surface area contributed by atoms with Gasteiger partial charge in [0.15, 0.2) is 0 Å². The third kappa shape index (κ3) is 7.23. The molecule has 0 radical (unpaired) electrons. The Morgan fingerprint density at radius 2 is 0.947 bits per heavy atom. The molecule has 6 N–H and O–H groups in total. The number of aromatic amines is 2. The van der Waals surface area contributed by atoms with Gasteiger partial charge in [0.1, 0.15) is 33.6 Å². The zero-order valence-corrected chi connectivity index (χ0v) is 34.5. The van der Waals surface area contributed by atoms with Gasteiger partial charge < -0.3 is 20.4 Å². The van der Waals surface area contributed by atoms with Gasteiger partial charge in [0, 0.05) is 51.6 Å². The van der Waals surface area contributed by atoms with Gasteiger partial charge in [0.05, 0.1) is 0 Å². The van der Waals surface area contributed by atoms with E-state index in [4.69, 9.17) is 0 Å². The van der Waals surface area contributed by atoms with E-state index in [0.717, 1.165) is 76.3 Å². The third-order valence-corrected chi connectivity index (χ3v) is 12.6. The molecule has 12 heteroatoms. The number of rotatable bonds is 10. The number of fused-ring (bicyclic) bond motifs is 2. The van der Waals surface area contributed by atoms with E-state index in [2.05, 4.69) is 83.1 Å². The van der Waals surface area contributed by atoms with Crippen LogP contribution in [-0.2, 0) is 30.1 Å². The molecular formula is C45H46N6O4S2. The van der Waals surface area contributed by atoms with Crippen LogP contribution in [0.3, 0.4) is 0 Å². The summed E-state index contributed by atoms with van der Waals surface area (Å²) in [5.74, 6) is 0.230. The molecule has 0 unspecified atom stereocenters. The van der Waals surface area contributed by atoms with Crippen molar-refractivity contribution in [3.8, 4) is 54.6 Å². The van der Waals surface area contributed by atoms with Crippen molar-refractivity contribution >= 4 is 44.7 Å². The zero-order valence-electron chi connectivity index (χ0n) is 32.9. The quantitative estimate of drug-likeness (QED) is 0.0797. The van der Waals surface area contributed by atoms with Gasteiger partial charge >= 0.3 is 0 Å². The molecule has 0 spiro atoms. The van der Waals surface area contributed by atoms with Crippen LogP contribution in [0.25, 0.3) is 65.2 Å². The van der Waals surface area contributed by atoms with Gasteiger partial charge in [0.25, 0.3) is 0 Å². The van der Waals surface area contributed by atoms with Crippen LogP contribution < -0.4 is 0 Å². The Labute approximate surface area is 338 Å². The summed E-state index contributed by atoms with van der Waals surface area (Å²) in [4.78, 5) is 1.81. The minimum atomic E-state index is -0.201. The molecule has 57 heavy (non-hydrogen) atoms. The highest BCUT2D eigenvalue weighted by molar-refractivity contribution is 7.14. The summed E-state index contributed by atoms with van der Waals surface area (Å²) in [6.07, 6.45) is 0.999. The smallest absolute Gasteiger partial charge is 0.127 e. The van der Waals surface area contributed by atoms with Gasteiger partial charge in [-0.1, -0.05) is 65.8 Å². The van der Waals surface area contributed by atoms with E-state index >= 15 is 0 Å². The topological polar surface area (TPSA) is 164 Å². The molecule has 8 rings (SSSR count). The van der Waals surface area contributed by atoms with E-state index in [1.165, 1.54) is 0 Å². The van der Waals surface area contributed by atoms with Crippen molar-refractivity contribution in [2.24, 2.45) is 0 Å². The number of aromatic nitrogens is 6. The van der Waals surface area contributed by atoms with Crippen molar-refractivity contribution < 1.29 is 20.4 Å². The second-order valence-electron chi connectivity index (χ2n) is 16.7. The number of phenols is 2. The second-order valence-corrected chi connectivity index (χ2v) is 18.4. The lowest BCUT2D eigenvalue weighted by molar-refractivity contribution is 0.299. The van der Waals surface area contributed by atoms with Gasteiger partial charge in [0.2, 0.25) is 0 Å². The van der Waals surface area contributed by atoms with Crippen molar-refractivity contribution in [1.82, 2.24) is 30.8 Å². The number of aromatic hydroxyl groups is 2. The molecule has 10 nitrogen and oxygen atoms in total. The number of nitrogens with zero attached hydrogens (tertiary/aromatic N) is 4. The normalized spacial score (nSPS) is 12.4. The molecule has 4 aromatic carbocycles. The van der Waals surface area contributed by atoms with E-state index < -0.39 is 0 Å². The van der Waals surface area contributed by atoms with Crippen LogP contribution in [0, 0.1) is 0 Å². The fraction of sp³-hybridized carbons (Fsp3) is 0.289. The fourth-order valence-electron chi connectivity index (χ4n) is 7.67. The Kier molecular flexibility index (Phi) is 10.0. The lowest BCUT2D eigenvalue weighted by Gasteiger charge is -2.22. The van der Waals surface area contributed by atoms with Crippen LogP contribution in [0.4, 0.5) is 0 Å². The summed E-state index contributed by atoms with van der Waals surface area (Å²) in [5, 5.41) is 71.8. The molecule has 0 saturated heterocycles.